The minimum Gasteiger partial charge on any atom is -0.289 e. The number of aromatic nitrogens is 2. The number of hydrogen-bond donors (Lipinski definition) is 1. The zero-order chi connectivity index (χ0) is 13.2. The highest BCUT2D eigenvalue weighted by Crippen LogP contribution is 2.05. The SMILES string of the molecule is O=C(Cn1cnc2ccccc2c1=O)N1CCCN1. The van der Waals surface area contributed by atoms with Gasteiger partial charge in [-0.3, -0.25) is 19.2 Å². The monoisotopic (exact) mass is 258 g/mol. The van der Waals surface area contributed by atoms with Crippen LogP contribution in [0.5, 0.6) is 0 Å². The van der Waals surface area contributed by atoms with E-state index >= 15 is 0 Å². The van der Waals surface area contributed by atoms with Crippen LogP contribution in [0.1, 0.15) is 6.42 Å². The Morgan fingerprint density at radius 2 is 2.21 bits per heavy atom. The van der Waals surface area contributed by atoms with Crippen LogP contribution >= 0.6 is 0 Å². The number of rotatable bonds is 2. The summed E-state index contributed by atoms with van der Waals surface area (Å²) in [5.41, 5.74) is 3.45. The number of carbonyl (C=O) groups excluding carboxylic acids is 1. The molecular weight excluding hydrogens is 244 g/mol. The van der Waals surface area contributed by atoms with Crippen LogP contribution in [0.4, 0.5) is 0 Å². The first-order valence-corrected chi connectivity index (χ1v) is 6.24. The second-order valence-corrected chi connectivity index (χ2v) is 4.50. The Hall–Kier alpha value is -2.21. The van der Waals surface area contributed by atoms with Crippen LogP contribution in [0.15, 0.2) is 35.4 Å². The molecule has 19 heavy (non-hydrogen) atoms. The normalized spacial score (nSPS) is 15.1. The molecule has 0 unspecified atom stereocenters. The van der Waals surface area contributed by atoms with Gasteiger partial charge in [0.25, 0.3) is 11.5 Å². The van der Waals surface area contributed by atoms with Crippen molar-refractivity contribution < 1.29 is 4.79 Å². The molecule has 0 saturated carbocycles. The quantitative estimate of drug-likeness (QED) is 0.831. The van der Waals surface area contributed by atoms with Crippen LogP contribution in [-0.2, 0) is 11.3 Å². The highest BCUT2D eigenvalue weighted by atomic mass is 16.2. The molecule has 2 heterocycles. The number of nitrogens with one attached hydrogen (secondary N) is 1. The molecule has 6 heteroatoms. The Balaban J connectivity index is 1.91. The standard InChI is InChI=1S/C13H14N4O2/c18-12(17-7-3-6-15-17)8-16-9-14-11-5-2-1-4-10(11)13(16)19/h1-2,4-5,9,15H,3,6-8H2. The number of nitrogens with zero attached hydrogens (tertiary/aromatic N) is 3. The van der Waals surface area contributed by atoms with Crippen molar-refractivity contribution in [3.8, 4) is 0 Å². The van der Waals surface area contributed by atoms with Crippen molar-refractivity contribution in [3.63, 3.8) is 0 Å². The molecular formula is C13H14N4O2. The number of para-hydroxylation sites is 1. The van der Waals surface area contributed by atoms with E-state index in [1.54, 1.807) is 23.2 Å². The van der Waals surface area contributed by atoms with Crippen molar-refractivity contribution in [2.24, 2.45) is 0 Å². The van der Waals surface area contributed by atoms with Gasteiger partial charge in [0, 0.05) is 13.1 Å². The number of amides is 1. The Morgan fingerprint density at radius 1 is 1.37 bits per heavy atom. The van der Waals surface area contributed by atoms with Crippen LogP contribution in [-0.4, -0.2) is 33.6 Å². The summed E-state index contributed by atoms with van der Waals surface area (Å²) in [6, 6.07) is 7.13. The van der Waals surface area contributed by atoms with E-state index in [1.165, 1.54) is 10.9 Å². The average Bonchev–Trinajstić information content (AvgIpc) is 2.96. The molecule has 1 aromatic carbocycles. The predicted octanol–water partition coefficient (Wildman–Crippen LogP) is 0.133. The van der Waals surface area contributed by atoms with Gasteiger partial charge in [0.1, 0.15) is 6.54 Å². The molecule has 0 atom stereocenters. The number of carbonyl (C=O) groups is 1. The zero-order valence-corrected chi connectivity index (χ0v) is 10.4. The third-order valence-corrected chi connectivity index (χ3v) is 3.20. The van der Waals surface area contributed by atoms with Gasteiger partial charge in [0.15, 0.2) is 0 Å². The Labute approximate surface area is 109 Å². The Morgan fingerprint density at radius 3 is 3.00 bits per heavy atom. The van der Waals surface area contributed by atoms with E-state index in [4.69, 9.17) is 0 Å². The van der Waals surface area contributed by atoms with E-state index in [2.05, 4.69) is 10.4 Å². The summed E-state index contributed by atoms with van der Waals surface area (Å²) >= 11 is 0. The van der Waals surface area contributed by atoms with Gasteiger partial charge in [-0.05, 0) is 18.6 Å². The third-order valence-electron chi connectivity index (χ3n) is 3.20. The lowest BCUT2D eigenvalue weighted by Gasteiger charge is -2.16. The predicted molar refractivity (Wildman–Crippen MR) is 70.3 cm³/mol. The molecule has 1 saturated heterocycles. The zero-order valence-electron chi connectivity index (χ0n) is 10.4. The first kappa shape index (κ1) is 11.9. The van der Waals surface area contributed by atoms with Gasteiger partial charge in [-0.15, -0.1) is 0 Å². The van der Waals surface area contributed by atoms with Crippen molar-refractivity contribution >= 4 is 16.8 Å². The molecule has 0 spiro atoms. The van der Waals surface area contributed by atoms with Crippen LogP contribution < -0.4 is 11.0 Å². The molecule has 1 aromatic heterocycles. The summed E-state index contributed by atoms with van der Waals surface area (Å²) in [4.78, 5) is 28.4. The van der Waals surface area contributed by atoms with Crippen LogP contribution in [0.2, 0.25) is 0 Å². The molecule has 98 valence electrons. The minimum absolute atomic E-state index is 0.0175. The van der Waals surface area contributed by atoms with Crippen molar-refractivity contribution in [2.75, 3.05) is 13.1 Å². The number of hydrogen-bond acceptors (Lipinski definition) is 4. The fraction of sp³-hybridized carbons (Fsp3) is 0.308. The molecule has 3 rings (SSSR count). The maximum atomic E-state index is 12.2. The average molecular weight is 258 g/mol. The number of fused-ring (bicyclic) bond motifs is 1. The highest BCUT2D eigenvalue weighted by molar-refractivity contribution is 5.78. The lowest BCUT2D eigenvalue weighted by Crippen LogP contribution is -2.40. The Kier molecular flexibility index (Phi) is 3.00. The largest absolute Gasteiger partial charge is 0.289 e. The number of hydrazine groups is 1. The summed E-state index contributed by atoms with van der Waals surface area (Å²) in [5.74, 6) is -0.114. The van der Waals surface area contributed by atoms with Crippen LogP contribution in [0, 0.1) is 0 Å². The lowest BCUT2D eigenvalue weighted by atomic mass is 10.2. The summed E-state index contributed by atoms with van der Waals surface area (Å²) in [7, 11) is 0. The van der Waals surface area contributed by atoms with Gasteiger partial charge in [-0.1, -0.05) is 12.1 Å². The summed E-state index contributed by atoms with van der Waals surface area (Å²) in [6.45, 7) is 1.51. The fourth-order valence-corrected chi connectivity index (χ4v) is 2.19. The molecule has 1 aliphatic heterocycles. The van der Waals surface area contributed by atoms with E-state index < -0.39 is 0 Å². The second-order valence-electron chi connectivity index (χ2n) is 4.50. The summed E-state index contributed by atoms with van der Waals surface area (Å²) in [6.07, 6.45) is 2.37. The van der Waals surface area contributed by atoms with Gasteiger partial charge < -0.3 is 0 Å². The van der Waals surface area contributed by atoms with E-state index in [1.807, 2.05) is 6.07 Å². The van der Waals surface area contributed by atoms with Crippen molar-refractivity contribution in [1.82, 2.24) is 20.0 Å². The van der Waals surface area contributed by atoms with E-state index in [-0.39, 0.29) is 18.0 Å². The van der Waals surface area contributed by atoms with E-state index in [0.717, 1.165) is 13.0 Å². The maximum absolute atomic E-state index is 12.2. The first-order chi connectivity index (χ1) is 9.25. The number of benzene rings is 1. The minimum atomic E-state index is -0.182. The van der Waals surface area contributed by atoms with Gasteiger partial charge in [-0.2, -0.15) is 0 Å². The van der Waals surface area contributed by atoms with Gasteiger partial charge in [0.2, 0.25) is 0 Å². The van der Waals surface area contributed by atoms with Crippen molar-refractivity contribution in [1.29, 1.82) is 0 Å². The highest BCUT2D eigenvalue weighted by Gasteiger charge is 2.18. The van der Waals surface area contributed by atoms with Crippen molar-refractivity contribution in [2.45, 2.75) is 13.0 Å². The molecule has 1 fully saturated rings. The van der Waals surface area contributed by atoms with Gasteiger partial charge in [0.05, 0.1) is 17.2 Å². The maximum Gasteiger partial charge on any atom is 0.261 e. The molecule has 1 aliphatic rings. The summed E-state index contributed by atoms with van der Waals surface area (Å²) in [5, 5.41) is 2.09. The van der Waals surface area contributed by atoms with Crippen LogP contribution in [0.3, 0.4) is 0 Å². The molecule has 0 bridgehead atoms. The molecule has 6 nitrogen and oxygen atoms in total. The van der Waals surface area contributed by atoms with Crippen LogP contribution in [0.25, 0.3) is 10.9 Å². The third kappa shape index (κ3) is 2.22. The second kappa shape index (κ2) is 4.81. The molecule has 2 aromatic rings. The Bertz CT molecular complexity index is 674. The lowest BCUT2D eigenvalue weighted by molar-refractivity contribution is -0.133. The first-order valence-electron chi connectivity index (χ1n) is 6.24. The summed E-state index contributed by atoms with van der Waals surface area (Å²) < 4.78 is 1.35. The van der Waals surface area contributed by atoms with Gasteiger partial charge in [-0.25, -0.2) is 10.4 Å². The molecule has 0 radical (unpaired) electrons. The molecule has 1 N–H and O–H groups in total. The van der Waals surface area contributed by atoms with E-state index in [9.17, 15) is 9.59 Å². The fourth-order valence-electron chi connectivity index (χ4n) is 2.19. The smallest absolute Gasteiger partial charge is 0.261 e. The van der Waals surface area contributed by atoms with E-state index in [0.29, 0.717) is 17.4 Å². The van der Waals surface area contributed by atoms with Crippen molar-refractivity contribution in [3.05, 3.63) is 40.9 Å². The molecule has 1 amide bonds. The molecule has 0 aliphatic carbocycles. The van der Waals surface area contributed by atoms with Gasteiger partial charge >= 0.3 is 0 Å². The topological polar surface area (TPSA) is 67.2 Å².